The quantitative estimate of drug-likeness (QED) is 0.642. The first-order valence-corrected chi connectivity index (χ1v) is 5.70. The van der Waals surface area contributed by atoms with Crippen molar-refractivity contribution in [2.75, 3.05) is 18.9 Å². The van der Waals surface area contributed by atoms with E-state index in [1.807, 2.05) is 6.07 Å². The SMILES string of the molecule is Nc1ccccc1-c1noc(CCOCC(F)F)n1. The molecule has 0 saturated carbocycles. The van der Waals surface area contributed by atoms with E-state index in [1.54, 1.807) is 18.2 Å². The fourth-order valence-corrected chi connectivity index (χ4v) is 1.50. The molecule has 1 heterocycles. The Balaban J connectivity index is 1.94. The molecule has 0 amide bonds. The van der Waals surface area contributed by atoms with Crippen LogP contribution < -0.4 is 5.73 Å². The van der Waals surface area contributed by atoms with Crippen molar-refractivity contribution < 1.29 is 18.0 Å². The normalized spacial score (nSPS) is 11.1. The summed E-state index contributed by atoms with van der Waals surface area (Å²) in [6, 6.07) is 7.12. The number of benzene rings is 1. The molecule has 2 N–H and O–H groups in total. The fraction of sp³-hybridized carbons (Fsp3) is 0.333. The van der Waals surface area contributed by atoms with E-state index in [2.05, 4.69) is 10.1 Å². The van der Waals surface area contributed by atoms with Gasteiger partial charge in [-0.3, -0.25) is 0 Å². The first-order valence-electron chi connectivity index (χ1n) is 5.70. The fourth-order valence-electron chi connectivity index (χ4n) is 1.50. The van der Waals surface area contributed by atoms with E-state index >= 15 is 0 Å². The van der Waals surface area contributed by atoms with Crippen molar-refractivity contribution >= 4 is 5.69 Å². The Labute approximate surface area is 108 Å². The first kappa shape index (κ1) is 13.4. The molecule has 0 aliphatic carbocycles. The molecule has 1 aromatic carbocycles. The number of para-hydroxylation sites is 1. The van der Waals surface area contributed by atoms with E-state index in [4.69, 9.17) is 15.0 Å². The maximum atomic E-state index is 11.8. The minimum atomic E-state index is -2.47. The third-order valence-corrected chi connectivity index (χ3v) is 2.37. The number of nitrogen functional groups attached to an aromatic ring is 1. The van der Waals surface area contributed by atoms with Crippen molar-refractivity contribution in [3.8, 4) is 11.4 Å². The Kier molecular flexibility index (Phi) is 4.40. The van der Waals surface area contributed by atoms with E-state index in [9.17, 15) is 8.78 Å². The summed E-state index contributed by atoms with van der Waals surface area (Å²) in [5.74, 6) is 0.703. The van der Waals surface area contributed by atoms with E-state index in [0.717, 1.165) is 0 Å². The molecule has 2 rings (SSSR count). The summed E-state index contributed by atoms with van der Waals surface area (Å²) >= 11 is 0. The first-order chi connectivity index (χ1) is 9.16. The zero-order valence-corrected chi connectivity index (χ0v) is 10.1. The van der Waals surface area contributed by atoms with E-state index in [0.29, 0.717) is 23.0 Å². The molecule has 7 heteroatoms. The number of halogens is 2. The number of aromatic nitrogens is 2. The Hall–Kier alpha value is -2.02. The van der Waals surface area contributed by atoms with Crippen LogP contribution in [0.1, 0.15) is 5.89 Å². The van der Waals surface area contributed by atoms with Gasteiger partial charge in [0.1, 0.15) is 6.61 Å². The highest BCUT2D eigenvalue weighted by Crippen LogP contribution is 2.22. The molecule has 102 valence electrons. The van der Waals surface area contributed by atoms with Gasteiger partial charge in [0.15, 0.2) is 0 Å². The highest BCUT2D eigenvalue weighted by atomic mass is 19.3. The number of hydrogen-bond donors (Lipinski definition) is 1. The van der Waals surface area contributed by atoms with Gasteiger partial charge in [0, 0.05) is 11.3 Å². The predicted octanol–water partition coefficient (Wildman–Crippen LogP) is 2.14. The lowest BCUT2D eigenvalue weighted by Gasteiger charge is -2.00. The van der Waals surface area contributed by atoms with Gasteiger partial charge in [0.2, 0.25) is 11.7 Å². The van der Waals surface area contributed by atoms with Crippen molar-refractivity contribution in [3.63, 3.8) is 0 Å². The maximum Gasteiger partial charge on any atom is 0.261 e. The molecule has 0 spiro atoms. The van der Waals surface area contributed by atoms with Crippen molar-refractivity contribution in [2.24, 2.45) is 0 Å². The summed E-state index contributed by atoms with van der Waals surface area (Å²) in [5, 5.41) is 3.79. The van der Waals surface area contributed by atoms with E-state index in [-0.39, 0.29) is 13.0 Å². The number of nitrogens with zero attached hydrogens (tertiary/aromatic N) is 2. The van der Waals surface area contributed by atoms with Crippen LogP contribution in [-0.4, -0.2) is 29.8 Å². The molecule has 0 saturated heterocycles. The van der Waals surface area contributed by atoms with Crippen LogP contribution in [0.4, 0.5) is 14.5 Å². The monoisotopic (exact) mass is 269 g/mol. The zero-order chi connectivity index (χ0) is 13.7. The highest BCUT2D eigenvalue weighted by Gasteiger charge is 2.11. The summed E-state index contributed by atoms with van der Waals surface area (Å²) < 4.78 is 33.4. The van der Waals surface area contributed by atoms with Gasteiger partial charge in [-0.1, -0.05) is 17.3 Å². The molecule has 0 bridgehead atoms. The summed E-state index contributed by atoms with van der Waals surface area (Å²) in [5.41, 5.74) is 7.00. The van der Waals surface area contributed by atoms with Gasteiger partial charge in [0.05, 0.1) is 13.0 Å². The molecular formula is C12H13F2N3O2. The van der Waals surface area contributed by atoms with Gasteiger partial charge in [-0.15, -0.1) is 0 Å². The van der Waals surface area contributed by atoms with Gasteiger partial charge in [-0.2, -0.15) is 4.98 Å². The standard InChI is InChI=1S/C12H13F2N3O2/c13-10(14)7-18-6-5-11-16-12(17-19-11)8-3-1-2-4-9(8)15/h1-4,10H,5-7,15H2. The number of ether oxygens (including phenoxy) is 1. The lowest BCUT2D eigenvalue weighted by atomic mass is 10.2. The van der Waals surface area contributed by atoms with Crippen molar-refractivity contribution in [2.45, 2.75) is 12.8 Å². The van der Waals surface area contributed by atoms with Crippen LogP contribution in [0.5, 0.6) is 0 Å². The number of alkyl halides is 2. The van der Waals surface area contributed by atoms with E-state index < -0.39 is 13.0 Å². The van der Waals surface area contributed by atoms with Crippen LogP contribution in [0, 0.1) is 0 Å². The Bertz CT molecular complexity index is 531. The summed E-state index contributed by atoms with van der Waals surface area (Å²) in [6.45, 7) is -0.483. The summed E-state index contributed by atoms with van der Waals surface area (Å²) in [6.07, 6.45) is -2.19. The van der Waals surface area contributed by atoms with Gasteiger partial charge < -0.3 is 15.0 Å². The van der Waals surface area contributed by atoms with Crippen LogP contribution in [0.25, 0.3) is 11.4 Å². The molecule has 5 nitrogen and oxygen atoms in total. The smallest absolute Gasteiger partial charge is 0.261 e. The number of nitrogens with two attached hydrogens (primary N) is 1. The van der Waals surface area contributed by atoms with Gasteiger partial charge in [0.25, 0.3) is 6.43 Å². The second-order valence-corrected chi connectivity index (χ2v) is 3.81. The maximum absolute atomic E-state index is 11.8. The van der Waals surface area contributed by atoms with Crippen LogP contribution in [0.2, 0.25) is 0 Å². The molecule has 0 aliphatic rings. The molecule has 1 aromatic heterocycles. The van der Waals surface area contributed by atoms with Crippen molar-refractivity contribution in [3.05, 3.63) is 30.2 Å². The largest absolute Gasteiger partial charge is 0.398 e. The van der Waals surface area contributed by atoms with Crippen molar-refractivity contribution in [1.29, 1.82) is 0 Å². The second-order valence-electron chi connectivity index (χ2n) is 3.81. The number of rotatable bonds is 6. The Morgan fingerprint density at radius 1 is 1.32 bits per heavy atom. The Morgan fingerprint density at radius 3 is 2.84 bits per heavy atom. The number of hydrogen-bond acceptors (Lipinski definition) is 5. The summed E-state index contributed by atoms with van der Waals surface area (Å²) in [7, 11) is 0. The third-order valence-electron chi connectivity index (χ3n) is 2.37. The van der Waals surface area contributed by atoms with Gasteiger partial charge >= 0.3 is 0 Å². The van der Waals surface area contributed by atoms with Gasteiger partial charge in [-0.05, 0) is 12.1 Å². The van der Waals surface area contributed by atoms with Crippen LogP contribution in [0.3, 0.4) is 0 Å². The second kappa shape index (κ2) is 6.24. The van der Waals surface area contributed by atoms with Crippen LogP contribution >= 0.6 is 0 Å². The molecule has 0 atom stereocenters. The van der Waals surface area contributed by atoms with Crippen LogP contribution in [-0.2, 0) is 11.2 Å². The lowest BCUT2D eigenvalue weighted by molar-refractivity contribution is 0.0171. The minimum absolute atomic E-state index is 0.107. The molecule has 0 unspecified atom stereocenters. The Morgan fingerprint density at radius 2 is 2.11 bits per heavy atom. The molecule has 0 radical (unpaired) electrons. The molecule has 2 aromatic rings. The van der Waals surface area contributed by atoms with Gasteiger partial charge in [-0.25, -0.2) is 8.78 Å². The third kappa shape index (κ3) is 3.72. The molecule has 0 aliphatic heterocycles. The molecule has 0 fully saturated rings. The molecule has 19 heavy (non-hydrogen) atoms. The van der Waals surface area contributed by atoms with E-state index in [1.165, 1.54) is 0 Å². The predicted molar refractivity (Wildman–Crippen MR) is 64.7 cm³/mol. The average molecular weight is 269 g/mol. The average Bonchev–Trinajstić information content (AvgIpc) is 2.83. The van der Waals surface area contributed by atoms with Crippen molar-refractivity contribution in [1.82, 2.24) is 10.1 Å². The molecular weight excluding hydrogens is 256 g/mol. The summed E-state index contributed by atoms with van der Waals surface area (Å²) in [4.78, 5) is 4.13. The highest BCUT2D eigenvalue weighted by molar-refractivity contribution is 5.70. The zero-order valence-electron chi connectivity index (χ0n) is 10.1. The van der Waals surface area contributed by atoms with Crippen LogP contribution in [0.15, 0.2) is 28.8 Å². The topological polar surface area (TPSA) is 74.2 Å². The number of anilines is 1. The lowest BCUT2D eigenvalue weighted by Crippen LogP contribution is -2.07. The minimum Gasteiger partial charge on any atom is -0.398 e.